The summed E-state index contributed by atoms with van der Waals surface area (Å²) in [4.78, 5) is 16.6. The van der Waals surface area contributed by atoms with Gasteiger partial charge in [0.15, 0.2) is 0 Å². The molecule has 0 atom stereocenters. The molecule has 0 aliphatic heterocycles. The quantitative estimate of drug-likeness (QED) is 0.743. The maximum Gasteiger partial charge on any atom is 0.230 e. The number of nitrogens with zero attached hydrogens (tertiary/aromatic N) is 1. The third kappa shape index (κ3) is 3.61. The highest BCUT2D eigenvalue weighted by molar-refractivity contribution is 7.14. The number of thiophene rings is 1. The van der Waals surface area contributed by atoms with Gasteiger partial charge in [-0.25, -0.2) is 4.98 Å². The van der Waals surface area contributed by atoms with Crippen molar-refractivity contribution in [2.24, 2.45) is 0 Å². The third-order valence-corrected chi connectivity index (χ3v) is 4.93. The largest absolute Gasteiger partial charge is 0.326 e. The zero-order chi connectivity index (χ0) is 15.4. The number of hydrogen-bond donors (Lipinski definition) is 1. The lowest BCUT2D eigenvalue weighted by atomic mass is 10.1. The highest BCUT2D eigenvalue weighted by Crippen LogP contribution is 2.25. The van der Waals surface area contributed by atoms with E-state index in [4.69, 9.17) is 0 Å². The van der Waals surface area contributed by atoms with Gasteiger partial charge in [0, 0.05) is 22.0 Å². The fourth-order valence-electron chi connectivity index (χ4n) is 2.10. The number of aryl methyl sites for hydroxylation is 1. The minimum absolute atomic E-state index is 0.0357. The summed E-state index contributed by atoms with van der Waals surface area (Å²) >= 11 is 3.23. The Labute approximate surface area is 137 Å². The van der Waals surface area contributed by atoms with Crippen LogP contribution >= 0.6 is 22.7 Å². The molecule has 0 fully saturated rings. The first-order valence-electron chi connectivity index (χ1n) is 7.10. The molecule has 0 saturated carbocycles. The highest BCUT2D eigenvalue weighted by atomic mass is 32.1. The van der Waals surface area contributed by atoms with E-state index < -0.39 is 0 Å². The van der Waals surface area contributed by atoms with Crippen molar-refractivity contribution in [2.75, 3.05) is 5.32 Å². The molecule has 5 heteroatoms. The van der Waals surface area contributed by atoms with Gasteiger partial charge in [0.05, 0.1) is 12.1 Å². The number of thiazole rings is 1. The van der Waals surface area contributed by atoms with Crippen LogP contribution in [0.5, 0.6) is 0 Å². The molecule has 0 aliphatic carbocycles. The van der Waals surface area contributed by atoms with Crippen LogP contribution < -0.4 is 5.32 Å². The van der Waals surface area contributed by atoms with Crippen molar-refractivity contribution in [1.29, 1.82) is 0 Å². The number of aromatic nitrogens is 1. The first-order chi connectivity index (χ1) is 10.7. The monoisotopic (exact) mass is 328 g/mol. The van der Waals surface area contributed by atoms with Crippen LogP contribution in [-0.4, -0.2) is 10.9 Å². The number of anilines is 1. The molecule has 0 unspecified atom stereocenters. The molecule has 2 aromatic heterocycles. The van der Waals surface area contributed by atoms with Gasteiger partial charge in [-0.3, -0.25) is 4.79 Å². The Kier molecular flexibility index (Phi) is 4.65. The van der Waals surface area contributed by atoms with E-state index >= 15 is 0 Å². The zero-order valence-electron chi connectivity index (χ0n) is 12.2. The van der Waals surface area contributed by atoms with E-state index in [1.165, 1.54) is 5.56 Å². The molecule has 2 heterocycles. The Balaban J connectivity index is 1.61. The van der Waals surface area contributed by atoms with Crippen molar-refractivity contribution >= 4 is 34.3 Å². The van der Waals surface area contributed by atoms with Crippen molar-refractivity contribution in [2.45, 2.75) is 19.8 Å². The number of amides is 1. The number of rotatable bonds is 5. The normalized spacial score (nSPS) is 10.6. The van der Waals surface area contributed by atoms with Gasteiger partial charge in [0.2, 0.25) is 5.91 Å². The van der Waals surface area contributed by atoms with Crippen LogP contribution in [0.25, 0.3) is 10.6 Å². The predicted octanol–water partition coefficient (Wildman–Crippen LogP) is 4.62. The van der Waals surface area contributed by atoms with Gasteiger partial charge in [0.25, 0.3) is 0 Å². The fourth-order valence-corrected chi connectivity index (χ4v) is 3.63. The first kappa shape index (κ1) is 14.9. The van der Waals surface area contributed by atoms with E-state index in [0.29, 0.717) is 6.42 Å². The van der Waals surface area contributed by atoms with Crippen LogP contribution in [0.15, 0.2) is 46.5 Å². The van der Waals surface area contributed by atoms with Crippen LogP contribution in [0, 0.1) is 0 Å². The molecule has 3 rings (SSSR count). The van der Waals surface area contributed by atoms with Crippen LogP contribution in [0.2, 0.25) is 0 Å². The number of carbonyl (C=O) groups is 1. The van der Waals surface area contributed by atoms with Gasteiger partial charge in [-0.1, -0.05) is 19.1 Å². The van der Waals surface area contributed by atoms with Crippen LogP contribution in [0.4, 0.5) is 5.69 Å². The van der Waals surface area contributed by atoms with Crippen molar-refractivity contribution in [1.82, 2.24) is 4.98 Å². The maximum absolute atomic E-state index is 12.1. The van der Waals surface area contributed by atoms with Gasteiger partial charge in [-0.05, 0) is 35.6 Å². The molecular weight excluding hydrogens is 312 g/mol. The molecule has 1 N–H and O–H groups in total. The Hall–Kier alpha value is -1.98. The summed E-state index contributed by atoms with van der Waals surface area (Å²) < 4.78 is 0. The number of benzene rings is 1. The fraction of sp³-hybridized carbons (Fsp3) is 0.176. The van der Waals surface area contributed by atoms with Crippen molar-refractivity contribution in [3.63, 3.8) is 0 Å². The minimum atomic E-state index is -0.0357. The summed E-state index contributed by atoms with van der Waals surface area (Å²) in [6, 6.07) is 9.99. The second kappa shape index (κ2) is 6.85. The average molecular weight is 328 g/mol. The number of carbonyl (C=O) groups excluding carboxylic acids is 1. The second-order valence-electron chi connectivity index (χ2n) is 4.93. The zero-order valence-corrected chi connectivity index (χ0v) is 13.8. The number of nitrogens with one attached hydrogen (secondary N) is 1. The second-order valence-corrected chi connectivity index (χ2v) is 6.57. The van der Waals surface area contributed by atoms with Gasteiger partial charge in [-0.2, -0.15) is 11.3 Å². The highest BCUT2D eigenvalue weighted by Gasteiger charge is 2.09. The predicted molar refractivity (Wildman–Crippen MR) is 93.6 cm³/mol. The smallest absolute Gasteiger partial charge is 0.230 e. The van der Waals surface area contributed by atoms with Crippen molar-refractivity contribution in [3.8, 4) is 10.6 Å². The van der Waals surface area contributed by atoms with Gasteiger partial charge >= 0.3 is 0 Å². The van der Waals surface area contributed by atoms with E-state index in [9.17, 15) is 4.79 Å². The summed E-state index contributed by atoms with van der Waals surface area (Å²) in [5.41, 5.74) is 4.03. The SMILES string of the molecule is CCc1ccc(NC(=O)Cc2csc(-c3ccsc3)n2)cc1. The van der Waals surface area contributed by atoms with E-state index in [1.54, 1.807) is 22.7 Å². The summed E-state index contributed by atoms with van der Waals surface area (Å²) in [6.07, 6.45) is 1.30. The van der Waals surface area contributed by atoms with Gasteiger partial charge in [-0.15, -0.1) is 11.3 Å². The molecule has 0 radical (unpaired) electrons. The Bertz CT molecular complexity index is 745. The Morgan fingerprint density at radius 1 is 1.18 bits per heavy atom. The molecule has 22 heavy (non-hydrogen) atoms. The molecule has 112 valence electrons. The molecule has 0 spiro atoms. The lowest BCUT2D eigenvalue weighted by molar-refractivity contribution is -0.115. The maximum atomic E-state index is 12.1. The number of hydrogen-bond acceptors (Lipinski definition) is 4. The van der Waals surface area contributed by atoms with Gasteiger partial charge in [0.1, 0.15) is 5.01 Å². The Morgan fingerprint density at radius 3 is 2.68 bits per heavy atom. The van der Waals surface area contributed by atoms with Crippen LogP contribution in [0.1, 0.15) is 18.2 Å². The van der Waals surface area contributed by atoms with E-state index in [2.05, 4.69) is 22.6 Å². The Morgan fingerprint density at radius 2 is 2.00 bits per heavy atom. The summed E-state index contributed by atoms with van der Waals surface area (Å²) in [5.74, 6) is -0.0357. The van der Waals surface area contributed by atoms with Crippen LogP contribution in [-0.2, 0) is 17.6 Å². The lowest BCUT2D eigenvalue weighted by Gasteiger charge is -2.05. The molecule has 1 aromatic carbocycles. The molecule has 3 aromatic rings. The average Bonchev–Trinajstić information content (AvgIpc) is 3.19. The first-order valence-corrected chi connectivity index (χ1v) is 8.92. The molecule has 0 bridgehead atoms. The molecule has 0 aliphatic rings. The summed E-state index contributed by atoms with van der Waals surface area (Å²) in [7, 11) is 0. The van der Waals surface area contributed by atoms with Crippen LogP contribution in [0.3, 0.4) is 0 Å². The topological polar surface area (TPSA) is 42.0 Å². The molecule has 0 saturated heterocycles. The summed E-state index contributed by atoms with van der Waals surface area (Å²) in [5, 5.41) is 9.93. The van der Waals surface area contributed by atoms with E-state index in [0.717, 1.165) is 28.4 Å². The molecule has 1 amide bonds. The molecule has 3 nitrogen and oxygen atoms in total. The molecular formula is C17H16N2OS2. The van der Waals surface area contributed by atoms with E-state index in [1.807, 2.05) is 41.1 Å². The van der Waals surface area contributed by atoms with Gasteiger partial charge < -0.3 is 5.32 Å². The minimum Gasteiger partial charge on any atom is -0.326 e. The third-order valence-electron chi connectivity index (χ3n) is 3.31. The summed E-state index contributed by atoms with van der Waals surface area (Å²) in [6.45, 7) is 2.11. The van der Waals surface area contributed by atoms with Crippen molar-refractivity contribution < 1.29 is 4.79 Å². The standard InChI is InChI=1S/C17H16N2OS2/c1-2-12-3-5-14(6-4-12)18-16(20)9-15-11-22-17(19-15)13-7-8-21-10-13/h3-8,10-11H,2,9H2,1H3,(H,18,20). The lowest BCUT2D eigenvalue weighted by Crippen LogP contribution is -2.14. The van der Waals surface area contributed by atoms with E-state index in [-0.39, 0.29) is 5.91 Å². The van der Waals surface area contributed by atoms with Crippen molar-refractivity contribution in [3.05, 3.63) is 57.7 Å².